The van der Waals surface area contributed by atoms with Gasteiger partial charge in [0, 0.05) is 24.7 Å². The Kier molecular flexibility index (Phi) is 3.49. The van der Waals surface area contributed by atoms with Crippen LogP contribution in [0.2, 0.25) is 0 Å². The van der Waals surface area contributed by atoms with E-state index in [0.717, 1.165) is 18.1 Å². The summed E-state index contributed by atoms with van der Waals surface area (Å²) in [5, 5.41) is 3.73. The number of hydrogen-bond acceptors (Lipinski definition) is 2. The highest BCUT2D eigenvalue weighted by Crippen LogP contribution is 2.29. The van der Waals surface area contributed by atoms with Crippen molar-refractivity contribution in [2.45, 2.75) is 75.9 Å². The van der Waals surface area contributed by atoms with Crippen LogP contribution in [0.1, 0.15) is 57.8 Å². The SMILES string of the molecule is C1CCC(N2CCCC2CNC2CC2)CC1. The monoisotopic (exact) mass is 222 g/mol. The van der Waals surface area contributed by atoms with Gasteiger partial charge in [0.25, 0.3) is 0 Å². The van der Waals surface area contributed by atoms with E-state index >= 15 is 0 Å². The van der Waals surface area contributed by atoms with Gasteiger partial charge in [-0.2, -0.15) is 0 Å². The molecule has 3 rings (SSSR count). The van der Waals surface area contributed by atoms with E-state index in [4.69, 9.17) is 0 Å². The van der Waals surface area contributed by atoms with Crippen LogP contribution in [0.5, 0.6) is 0 Å². The van der Waals surface area contributed by atoms with Gasteiger partial charge in [-0.15, -0.1) is 0 Å². The average molecular weight is 222 g/mol. The largest absolute Gasteiger partial charge is 0.312 e. The number of nitrogens with zero attached hydrogens (tertiary/aromatic N) is 1. The van der Waals surface area contributed by atoms with E-state index in [9.17, 15) is 0 Å². The average Bonchev–Trinajstić information content (AvgIpc) is 3.05. The highest BCUT2D eigenvalue weighted by Gasteiger charge is 2.32. The van der Waals surface area contributed by atoms with Gasteiger partial charge < -0.3 is 5.32 Å². The van der Waals surface area contributed by atoms with Crippen LogP contribution in [-0.2, 0) is 0 Å². The molecule has 92 valence electrons. The molecule has 2 nitrogen and oxygen atoms in total. The van der Waals surface area contributed by atoms with Crippen molar-refractivity contribution in [1.29, 1.82) is 0 Å². The molecule has 0 amide bonds. The Morgan fingerprint density at radius 3 is 2.44 bits per heavy atom. The van der Waals surface area contributed by atoms with Gasteiger partial charge in [0.1, 0.15) is 0 Å². The zero-order valence-electron chi connectivity index (χ0n) is 10.5. The molecule has 1 saturated heterocycles. The molecule has 16 heavy (non-hydrogen) atoms. The Morgan fingerprint density at radius 1 is 0.875 bits per heavy atom. The number of rotatable bonds is 4. The molecule has 2 aliphatic carbocycles. The van der Waals surface area contributed by atoms with Gasteiger partial charge >= 0.3 is 0 Å². The molecule has 3 fully saturated rings. The van der Waals surface area contributed by atoms with Crippen LogP contribution in [0.3, 0.4) is 0 Å². The van der Waals surface area contributed by atoms with Crippen molar-refractivity contribution < 1.29 is 0 Å². The first kappa shape index (κ1) is 11.0. The van der Waals surface area contributed by atoms with E-state index in [0.29, 0.717) is 0 Å². The van der Waals surface area contributed by atoms with Crippen LogP contribution in [0.25, 0.3) is 0 Å². The van der Waals surface area contributed by atoms with Crippen LogP contribution in [-0.4, -0.2) is 36.1 Å². The molecule has 0 aromatic rings. The molecule has 1 N–H and O–H groups in total. The Bertz CT molecular complexity index is 219. The number of nitrogens with one attached hydrogen (secondary N) is 1. The molecule has 2 saturated carbocycles. The van der Waals surface area contributed by atoms with E-state index in [1.54, 1.807) is 0 Å². The highest BCUT2D eigenvalue weighted by molar-refractivity contribution is 4.90. The Balaban J connectivity index is 1.50. The third-order valence-electron chi connectivity index (χ3n) is 4.69. The van der Waals surface area contributed by atoms with Gasteiger partial charge in [-0.3, -0.25) is 4.90 Å². The van der Waals surface area contributed by atoms with E-state index in [2.05, 4.69) is 10.2 Å². The second-order valence-corrected chi connectivity index (χ2v) is 6.01. The summed E-state index contributed by atoms with van der Waals surface area (Å²) in [7, 11) is 0. The minimum Gasteiger partial charge on any atom is -0.312 e. The minimum absolute atomic E-state index is 0.865. The molecular weight excluding hydrogens is 196 g/mol. The lowest BCUT2D eigenvalue weighted by Gasteiger charge is -2.35. The molecule has 0 bridgehead atoms. The fraction of sp³-hybridized carbons (Fsp3) is 1.00. The van der Waals surface area contributed by atoms with Gasteiger partial charge in [0.05, 0.1) is 0 Å². The molecule has 0 aromatic carbocycles. The normalized spacial score (nSPS) is 33.4. The second-order valence-electron chi connectivity index (χ2n) is 6.01. The van der Waals surface area contributed by atoms with Crippen molar-refractivity contribution in [3.8, 4) is 0 Å². The van der Waals surface area contributed by atoms with Crippen LogP contribution < -0.4 is 5.32 Å². The summed E-state index contributed by atoms with van der Waals surface area (Å²) in [6.07, 6.45) is 13.1. The highest BCUT2D eigenvalue weighted by atomic mass is 15.2. The van der Waals surface area contributed by atoms with Crippen molar-refractivity contribution >= 4 is 0 Å². The van der Waals surface area contributed by atoms with Gasteiger partial charge in [-0.1, -0.05) is 19.3 Å². The van der Waals surface area contributed by atoms with E-state index in [1.165, 1.54) is 70.9 Å². The molecule has 1 atom stereocenters. The molecule has 0 aromatic heterocycles. The van der Waals surface area contributed by atoms with Crippen molar-refractivity contribution in [2.24, 2.45) is 0 Å². The lowest BCUT2D eigenvalue weighted by molar-refractivity contribution is 0.140. The standard InChI is InChI=1S/C14H26N2/c1-2-5-13(6-3-1)16-10-4-7-14(16)11-15-12-8-9-12/h12-15H,1-11H2. The molecule has 1 aliphatic heterocycles. The maximum atomic E-state index is 3.73. The summed E-state index contributed by atoms with van der Waals surface area (Å²) in [5.74, 6) is 0. The summed E-state index contributed by atoms with van der Waals surface area (Å²) in [6.45, 7) is 2.64. The van der Waals surface area contributed by atoms with E-state index in [-0.39, 0.29) is 0 Å². The zero-order valence-corrected chi connectivity index (χ0v) is 10.5. The third kappa shape index (κ3) is 2.60. The smallest absolute Gasteiger partial charge is 0.0224 e. The predicted octanol–water partition coefficient (Wildman–Crippen LogP) is 2.54. The Morgan fingerprint density at radius 2 is 1.69 bits per heavy atom. The first-order valence-electron chi connectivity index (χ1n) is 7.42. The second kappa shape index (κ2) is 5.05. The molecular formula is C14H26N2. The summed E-state index contributed by atoms with van der Waals surface area (Å²) >= 11 is 0. The molecule has 2 heteroatoms. The van der Waals surface area contributed by atoms with Gasteiger partial charge in [-0.25, -0.2) is 0 Å². The zero-order chi connectivity index (χ0) is 10.8. The minimum atomic E-state index is 0.865. The first-order valence-corrected chi connectivity index (χ1v) is 7.42. The predicted molar refractivity (Wildman–Crippen MR) is 67.6 cm³/mol. The van der Waals surface area contributed by atoms with Gasteiger partial charge in [-0.05, 0) is 45.1 Å². The maximum absolute atomic E-state index is 3.73. The van der Waals surface area contributed by atoms with Crippen molar-refractivity contribution in [1.82, 2.24) is 10.2 Å². The van der Waals surface area contributed by atoms with E-state index in [1.807, 2.05) is 0 Å². The molecule has 1 unspecified atom stereocenters. The Hall–Kier alpha value is -0.0800. The van der Waals surface area contributed by atoms with Gasteiger partial charge in [0.15, 0.2) is 0 Å². The topological polar surface area (TPSA) is 15.3 Å². The van der Waals surface area contributed by atoms with E-state index < -0.39 is 0 Å². The maximum Gasteiger partial charge on any atom is 0.0224 e. The lowest BCUT2D eigenvalue weighted by atomic mass is 9.94. The molecule has 3 aliphatic rings. The van der Waals surface area contributed by atoms with Gasteiger partial charge in [0.2, 0.25) is 0 Å². The summed E-state index contributed by atoms with van der Waals surface area (Å²) in [5.41, 5.74) is 0. The summed E-state index contributed by atoms with van der Waals surface area (Å²) < 4.78 is 0. The molecule has 0 radical (unpaired) electrons. The fourth-order valence-electron chi connectivity index (χ4n) is 3.56. The van der Waals surface area contributed by atoms with Crippen molar-refractivity contribution in [3.63, 3.8) is 0 Å². The van der Waals surface area contributed by atoms with Crippen molar-refractivity contribution in [2.75, 3.05) is 13.1 Å². The lowest BCUT2D eigenvalue weighted by Crippen LogP contribution is -2.45. The van der Waals surface area contributed by atoms with Crippen LogP contribution in [0.4, 0.5) is 0 Å². The van der Waals surface area contributed by atoms with Crippen LogP contribution in [0, 0.1) is 0 Å². The van der Waals surface area contributed by atoms with Crippen LogP contribution in [0.15, 0.2) is 0 Å². The number of hydrogen-bond donors (Lipinski definition) is 1. The first-order chi connectivity index (χ1) is 7.93. The third-order valence-corrected chi connectivity index (χ3v) is 4.69. The summed E-state index contributed by atoms with van der Waals surface area (Å²) in [4.78, 5) is 2.84. The Labute approximate surface area is 99.8 Å². The fourth-order valence-corrected chi connectivity index (χ4v) is 3.56. The molecule has 0 spiro atoms. The summed E-state index contributed by atoms with van der Waals surface area (Å²) in [6, 6.07) is 2.68. The van der Waals surface area contributed by atoms with Crippen molar-refractivity contribution in [3.05, 3.63) is 0 Å². The van der Waals surface area contributed by atoms with Crippen LogP contribution >= 0.6 is 0 Å². The number of likely N-dealkylation sites (tertiary alicyclic amines) is 1. The quantitative estimate of drug-likeness (QED) is 0.786. The molecule has 1 heterocycles.